The Morgan fingerprint density at radius 3 is 2.31 bits per heavy atom. The molecule has 3 N–H and O–H groups in total. The fraction of sp³-hybridized carbons (Fsp3) is 0.483. The third-order valence-corrected chi connectivity index (χ3v) is 6.45. The van der Waals surface area contributed by atoms with Crippen molar-refractivity contribution >= 4 is 35.4 Å². The van der Waals surface area contributed by atoms with Gasteiger partial charge in [-0.05, 0) is 100 Å². The summed E-state index contributed by atoms with van der Waals surface area (Å²) in [6.45, 7) is 9.17. The van der Waals surface area contributed by atoms with Gasteiger partial charge in [-0.1, -0.05) is 13.0 Å². The van der Waals surface area contributed by atoms with Gasteiger partial charge in [0.2, 0.25) is 5.91 Å². The van der Waals surface area contributed by atoms with Crippen molar-refractivity contribution in [1.29, 1.82) is 0 Å². The number of nitrogens with one attached hydrogen (secondary N) is 2. The Hall–Kier alpha value is -3.40. The van der Waals surface area contributed by atoms with Gasteiger partial charge in [0, 0.05) is 12.2 Å². The highest BCUT2D eigenvalue weighted by Gasteiger charge is 2.36. The van der Waals surface area contributed by atoms with Crippen LogP contribution in [0.3, 0.4) is 0 Å². The summed E-state index contributed by atoms with van der Waals surface area (Å²) in [5, 5.41) is 15.8. The second kappa shape index (κ2) is 14.7. The number of hydrogen-bond acceptors (Lipinski definition) is 7. The molecule has 0 fully saturated rings. The van der Waals surface area contributed by atoms with Crippen LogP contribution in [0.4, 0.5) is 10.5 Å². The molecule has 0 bridgehead atoms. The summed E-state index contributed by atoms with van der Waals surface area (Å²) in [5.74, 6) is 0.537. The van der Waals surface area contributed by atoms with Crippen LogP contribution in [-0.2, 0) is 14.3 Å². The van der Waals surface area contributed by atoms with E-state index in [1.54, 1.807) is 83.0 Å². The number of rotatable bonds is 12. The first-order valence-electron chi connectivity index (χ1n) is 12.9. The van der Waals surface area contributed by atoms with Gasteiger partial charge in [0.05, 0.1) is 7.11 Å². The Morgan fingerprint density at radius 1 is 1.10 bits per heavy atom. The van der Waals surface area contributed by atoms with Crippen molar-refractivity contribution in [2.24, 2.45) is 0 Å². The molecule has 2 atom stereocenters. The predicted octanol–water partition coefficient (Wildman–Crippen LogP) is 5.27. The molecule has 0 aliphatic carbocycles. The predicted molar refractivity (Wildman–Crippen MR) is 155 cm³/mol. The molecule has 3 amide bonds. The number of methoxy groups -OCH3 is 1. The lowest BCUT2D eigenvalue weighted by molar-refractivity contribution is -0.140. The van der Waals surface area contributed by atoms with E-state index in [9.17, 15) is 19.5 Å². The number of carbonyl (C=O) groups excluding carboxylic acids is 3. The van der Waals surface area contributed by atoms with Gasteiger partial charge >= 0.3 is 6.09 Å². The van der Waals surface area contributed by atoms with E-state index < -0.39 is 35.6 Å². The van der Waals surface area contributed by atoms with Crippen molar-refractivity contribution in [3.05, 3.63) is 53.6 Å². The fourth-order valence-corrected chi connectivity index (χ4v) is 4.43. The maximum Gasteiger partial charge on any atom is 0.408 e. The quantitative estimate of drug-likeness (QED) is 0.324. The minimum Gasteiger partial charge on any atom is -0.508 e. The van der Waals surface area contributed by atoms with E-state index in [-0.39, 0.29) is 12.3 Å². The second-order valence-electron chi connectivity index (χ2n) is 10.2. The Balaban J connectivity index is 2.50. The number of phenolic OH excluding ortho intramolecular Hbond substituents is 1. The smallest absolute Gasteiger partial charge is 0.408 e. The third kappa shape index (κ3) is 9.69. The van der Waals surface area contributed by atoms with E-state index in [4.69, 9.17) is 9.47 Å². The van der Waals surface area contributed by atoms with Crippen molar-refractivity contribution in [1.82, 2.24) is 10.2 Å². The van der Waals surface area contributed by atoms with Crippen LogP contribution in [-0.4, -0.2) is 65.2 Å². The number of amides is 3. The average molecular weight is 560 g/mol. The number of hydrogen-bond donors (Lipinski definition) is 3. The van der Waals surface area contributed by atoms with Gasteiger partial charge in [0.15, 0.2) is 0 Å². The molecule has 0 spiro atoms. The molecule has 0 aliphatic rings. The SMILES string of the molecule is CCCN(C(=O)C(CCSC)NC(=O)OC(C)(C)C)C(C(=O)Nc1ccc(OC)cc1)c1ccc(O)c(C)c1. The molecular weight excluding hydrogens is 518 g/mol. The number of aromatic hydroxyl groups is 1. The molecule has 0 saturated heterocycles. The highest BCUT2D eigenvalue weighted by Crippen LogP contribution is 2.29. The third-order valence-electron chi connectivity index (χ3n) is 5.80. The lowest BCUT2D eigenvalue weighted by Gasteiger charge is -2.34. The molecule has 2 unspecified atom stereocenters. The van der Waals surface area contributed by atoms with E-state index >= 15 is 0 Å². The molecule has 2 rings (SSSR count). The Morgan fingerprint density at radius 2 is 1.77 bits per heavy atom. The molecular formula is C29H41N3O6S. The number of carbonyl (C=O) groups is 3. The van der Waals surface area contributed by atoms with Gasteiger partial charge in [-0.15, -0.1) is 0 Å². The zero-order valence-electron chi connectivity index (χ0n) is 23.9. The minimum atomic E-state index is -1.02. The van der Waals surface area contributed by atoms with Crippen LogP contribution in [0.15, 0.2) is 42.5 Å². The van der Waals surface area contributed by atoms with Crippen LogP contribution < -0.4 is 15.4 Å². The summed E-state index contributed by atoms with van der Waals surface area (Å²) in [6, 6.07) is 9.82. The molecule has 39 heavy (non-hydrogen) atoms. The fourth-order valence-electron chi connectivity index (χ4n) is 3.96. The normalized spacial score (nSPS) is 12.7. The summed E-state index contributed by atoms with van der Waals surface area (Å²) in [6.07, 6.45) is 2.17. The summed E-state index contributed by atoms with van der Waals surface area (Å²) in [4.78, 5) is 42.0. The van der Waals surface area contributed by atoms with Crippen LogP contribution >= 0.6 is 11.8 Å². The van der Waals surface area contributed by atoms with E-state index in [0.717, 1.165) is 0 Å². The van der Waals surface area contributed by atoms with E-state index in [0.29, 0.717) is 41.2 Å². The van der Waals surface area contributed by atoms with Gasteiger partial charge in [-0.3, -0.25) is 9.59 Å². The van der Waals surface area contributed by atoms with Crippen LogP contribution in [0.5, 0.6) is 11.5 Å². The first-order valence-corrected chi connectivity index (χ1v) is 14.3. The maximum absolute atomic E-state index is 14.0. The van der Waals surface area contributed by atoms with Gasteiger partial charge in [-0.25, -0.2) is 4.79 Å². The molecule has 0 saturated carbocycles. The van der Waals surface area contributed by atoms with E-state index in [1.807, 2.05) is 13.2 Å². The van der Waals surface area contributed by atoms with Crippen molar-refractivity contribution in [3.63, 3.8) is 0 Å². The number of alkyl carbamates (subject to hydrolysis) is 1. The summed E-state index contributed by atoms with van der Waals surface area (Å²) < 4.78 is 10.6. The zero-order valence-corrected chi connectivity index (χ0v) is 24.7. The van der Waals surface area contributed by atoms with Gasteiger partial charge in [-0.2, -0.15) is 11.8 Å². The number of thioether (sulfide) groups is 1. The molecule has 9 nitrogen and oxygen atoms in total. The average Bonchev–Trinajstić information content (AvgIpc) is 2.87. The van der Waals surface area contributed by atoms with Crippen LogP contribution in [0, 0.1) is 6.92 Å². The van der Waals surface area contributed by atoms with Gasteiger partial charge < -0.3 is 30.1 Å². The molecule has 0 aliphatic heterocycles. The van der Waals surface area contributed by atoms with E-state index in [1.165, 1.54) is 11.0 Å². The van der Waals surface area contributed by atoms with Crippen LogP contribution in [0.1, 0.15) is 57.7 Å². The zero-order chi connectivity index (χ0) is 29.2. The number of aryl methyl sites for hydroxylation is 1. The largest absolute Gasteiger partial charge is 0.508 e. The molecule has 214 valence electrons. The van der Waals surface area contributed by atoms with Crippen molar-refractivity contribution < 1.29 is 29.0 Å². The summed E-state index contributed by atoms with van der Waals surface area (Å²) in [7, 11) is 1.56. The van der Waals surface area contributed by atoms with Crippen LogP contribution in [0.25, 0.3) is 0 Å². The van der Waals surface area contributed by atoms with E-state index in [2.05, 4.69) is 10.6 Å². The topological polar surface area (TPSA) is 117 Å². The van der Waals surface area contributed by atoms with Crippen molar-refractivity contribution in [2.45, 2.75) is 65.1 Å². The standard InChI is InChI=1S/C29H41N3O6S/c1-8-16-32(27(35)23(15-17-39-7)31-28(36)38-29(3,4)5)25(20-9-14-24(33)19(2)18-20)26(34)30-21-10-12-22(37-6)13-11-21/h9-14,18,23,25,33H,8,15-17H2,1-7H3,(H,30,34)(H,31,36). The molecule has 2 aromatic carbocycles. The summed E-state index contributed by atoms with van der Waals surface area (Å²) >= 11 is 1.55. The highest BCUT2D eigenvalue weighted by atomic mass is 32.2. The second-order valence-corrected chi connectivity index (χ2v) is 11.2. The number of phenols is 1. The molecule has 0 heterocycles. The van der Waals surface area contributed by atoms with Crippen molar-refractivity contribution in [2.75, 3.05) is 31.0 Å². The van der Waals surface area contributed by atoms with Gasteiger partial charge in [0.25, 0.3) is 5.91 Å². The van der Waals surface area contributed by atoms with Gasteiger partial charge in [0.1, 0.15) is 29.2 Å². The lowest BCUT2D eigenvalue weighted by Crippen LogP contribution is -2.52. The summed E-state index contributed by atoms with van der Waals surface area (Å²) in [5.41, 5.74) is 0.921. The first kappa shape index (κ1) is 31.8. The minimum absolute atomic E-state index is 0.0888. The number of nitrogens with zero attached hydrogens (tertiary/aromatic N) is 1. The molecule has 2 aromatic rings. The number of ether oxygens (including phenoxy) is 2. The lowest BCUT2D eigenvalue weighted by atomic mass is 9.99. The number of benzene rings is 2. The van der Waals surface area contributed by atoms with Crippen LogP contribution in [0.2, 0.25) is 0 Å². The molecule has 0 radical (unpaired) electrons. The number of anilines is 1. The monoisotopic (exact) mass is 559 g/mol. The molecule has 10 heteroatoms. The maximum atomic E-state index is 14.0. The molecule has 0 aromatic heterocycles. The Kier molecular flexibility index (Phi) is 12.0. The first-order chi connectivity index (χ1) is 18.4. The van der Waals surface area contributed by atoms with Crippen molar-refractivity contribution in [3.8, 4) is 11.5 Å². The highest BCUT2D eigenvalue weighted by molar-refractivity contribution is 7.98. The Labute approximate surface area is 235 Å². The Bertz CT molecular complexity index is 1120.